The summed E-state index contributed by atoms with van der Waals surface area (Å²) in [6.45, 7) is 5.08. The summed E-state index contributed by atoms with van der Waals surface area (Å²) in [6, 6.07) is 1.04. The van der Waals surface area contributed by atoms with Crippen LogP contribution in [0.2, 0.25) is 0 Å². The number of fused-ring (bicyclic) bond motifs is 1. The normalized spacial score (nSPS) is 30.9. The van der Waals surface area contributed by atoms with Gasteiger partial charge in [-0.1, -0.05) is 19.9 Å². The van der Waals surface area contributed by atoms with Crippen molar-refractivity contribution in [3.63, 3.8) is 0 Å². The van der Waals surface area contributed by atoms with E-state index in [0.29, 0.717) is 37.9 Å². The Morgan fingerprint density at radius 2 is 2.00 bits per heavy atom. The Kier molecular flexibility index (Phi) is 6.24. The number of methoxy groups -OCH3 is 1. The van der Waals surface area contributed by atoms with Crippen LogP contribution in [0.4, 0.5) is 14.5 Å². The fourth-order valence-corrected chi connectivity index (χ4v) is 5.54. The van der Waals surface area contributed by atoms with Crippen LogP contribution >= 0.6 is 0 Å². The molecule has 6 nitrogen and oxygen atoms in total. The second kappa shape index (κ2) is 8.70. The predicted octanol–water partition coefficient (Wildman–Crippen LogP) is 4.22. The van der Waals surface area contributed by atoms with E-state index < -0.39 is 23.7 Å². The molecule has 4 atom stereocenters. The number of rotatable bonds is 4. The van der Waals surface area contributed by atoms with Crippen molar-refractivity contribution in [2.24, 2.45) is 17.1 Å². The summed E-state index contributed by atoms with van der Waals surface area (Å²) >= 11 is 0. The molecule has 1 aromatic carbocycles. The molecule has 0 aromatic heterocycles. The molecule has 33 heavy (non-hydrogen) atoms. The van der Waals surface area contributed by atoms with Crippen LogP contribution in [-0.4, -0.2) is 49.3 Å². The molecule has 180 valence electrons. The van der Waals surface area contributed by atoms with Gasteiger partial charge in [0.1, 0.15) is 23.2 Å². The molecular formula is C25H32F2N2O4. The first-order valence-corrected chi connectivity index (χ1v) is 11.8. The van der Waals surface area contributed by atoms with Gasteiger partial charge < -0.3 is 20.5 Å². The van der Waals surface area contributed by atoms with E-state index in [1.807, 2.05) is 18.7 Å². The molecule has 4 unspecified atom stereocenters. The summed E-state index contributed by atoms with van der Waals surface area (Å²) in [5, 5.41) is 9.50. The first-order valence-electron chi connectivity index (χ1n) is 11.8. The van der Waals surface area contributed by atoms with Crippen LogP contribution in [0.15, 0.2) is 17.7 Å². The van der Waals surface area contributed by atoms with Gasteiger partial charge in [-0.3, -0.25) is 4.79 Å². The number of halogens is 2. The van der Waals surface area contributed by atoms with Crippen molar-refractivity contribution in [2.75, 3.05) is 25.1 Å². The van der Waals surface area contributed by atoms with Crippen LogP contribution in [0, 0.1) is 17.2 Å². The number of hydrogen-bond donors (Lipinski definition) is 2. The molecule has 0 bridgehead atoms. The van der Waals surface area contributed by atoms with Gasteiger partial charge in [0.2, 0.25) is 5.78 Å². The first kappa shape index (κ1) is 23.7. The van der Waals surface area contributed by atoms with Crippen molar-refractivity contribution in [3.8, 4) is 5.75 Å². The van der Waals surface area contributed by atoms with Gasteiger partial charge in [0.25, 0.3) is 0 Å². The molecule has 1 heterocycles. The second-order valence-electron chi connectivity index (χ2n) is 9.40. The van der Waals surface area contributed by atoms with E-state index in [1.165, 1.54) is 13.2 Å². The maximum atomic E-state index is 15.5. The number of Topliss-reactive ketones (excluding diaryl/α,β-unsaturated/α-hetero) is 1. The van der Waals surface area contributed by atoms with E-state index in [9.17, 15) is 19.1 Å². The first-order chi connectivity index (χ1) is 15.8. The molecule has 2 saturated carbocycles. The third-order valence-corrected chi connectivity index (χ3v) is 7.56. The van der Waals surface area contributed by atoms with E-state index >= 15 is 4.39 Å². The van der Waals surface area contributed by atoms with Gasteiger partial charge >= 0.3 is 5.97 Å². The van der Waals surface area contributed by atoms with Crippen LogP contribution in [0.25, 0.3) is 0 Å². The molecule has 1 spiro atoms. The smallest absolute Gasteiger partial charge is 0.339 e. The summed E-state index contributed by atoms with van der Waals surface area (Å²) in [4.78, 5) is 26.6. The van der Waals surface area contributed by atoms with Gasteiger partial charge in [0.15, 0.2) is 5.82 Å². The molecule has 8 heteroatoms. The van der Waals surface area contributed by atoms with E-state index in [2.05, 4.69) is 0 Å². The lowest BCUT2D eigenvalue weighted by Crippen LogP contribution is -2.31. The Morgan fingerprint density at radius 1 is 1.33 bits per heavy atom. The zero-order chi connectivity index (χ0) is 24.1. The zero-order valence-corrected chi connectivity index (χ0v) is 19.4. The zero-order valence-electron chi connectivity index (χ0n) is 19.4. The van der Waals surface area contributed by atoms with E-state index in [1.54, 1.807) is 0 Å². The molecule has 3 N–H and O–H groups in total. The Morgan fingerprint density at radius 3 is 2.52 bits per heavy atom. The number of carbonyl (C=O) groups is 2. The number of alkyl halides is 1. The van der Waals surface area contributed by atoms with Gasteiger partial charge in [0.05, 0.1) is 7.11 Å². The summed E-state index contributed by atoms with van der Waals surface area (Å²) in [6.07, 6.45) is 3.55. The van der Waals surface area contributed by atoms with Crippen LogP contribution in [-0.2, 0) is 4.79 Å². The van der Waals surface area contributed by atoms with Crippen molar-refractivity contribution in [3.05, 3.63) is 34.7 Å². The highest BCUT2D eigenvalue weighted by atomic mass is 19.1. The van der Waals surface area contributed by atoms with Crippen molar-refractivity contribution >= 4 is 17.4 Å². The van der Waals surface area contributed by atoms with Crippen LogP contribution in [0.3, 0.4) is 0 Å². The van der Waals surface area contributed by atoms with Gasteiger partial charge in [-0.05, 0) is 50.0 Å². The fourth-order valence-electron chi connectivity index (χ4n) is 5.54. The monoisotopic (exact) mass is 462 g/mol. The number of benzene rings is 1. The van der Waals surface area contributed by atoms with Crippen molar-refractivity contribution in [1.29, 1.82) is 0 Å². The number of hydrogen-bond acceptors (Lipinski definition) is 5. The Bertz CT molecular complexity index is 1000. The van der Waals surface area contributed by atoms with E-state index in [-0.39, 0.29) is 45.9 Å². The fraction of sp³-hybridized carbons (Fsp3) is 0.600. The highest BCUT2D eigenvalue weighted by Crippen LogP contribution is 2.57. The Hall–Kier alpha value is -2.48. The van der Waals surface area contributed by atoms with Crippen LogP contribution < -0.4 is 15.4 Å². The maximum Gasteiger partial charge on any atom is 0.339 e. The van der Waals surface area contributed by atoms with Gasteiger partial charge in [0, 0.05) is 35.7 Å². The largest absolute Gasteiger partial charge is 0.494 e. The maximum absolute atomic E-state index is 15.5. The minimum absolute atomic E-state index is 0.00329. The lowest BCUT2D eigenvalue weighted by atomic mass is 9.80. The van der Waals surface area contributed by atoms with Gasteiger partial charge in [-0.2, -0.15) is 0 Å². The van der Waals surface area contributed by atoms with Crippen molar-refractivity contribution in [1.82, 2.24) is 0 Å². The summed E-state index contributed by atoms with van der Waals surface area (Å²) < 4.78 is 35.3. The van der Waals surface area contributed by atoms with Crippen molar-refractivity contribution < 1.29 is 28.2 Å². The number of ether oxygens (including phenoxy) is 1. The standard InChI is InChI=1S/C23H26F2N2O4.C2H6/c1-31-21-18-11(13-7-15(13)24)3-2-4-12(22(29)30)20(28)14(18)8-16(25)19(21)27-9-17(26)23(10-27)5-6-23;1-2/h4,8,11,13,15,17H,2-3,5-7,9-10,26H2,1H3,(H,29,30);1-2H3/b12-4+;. The Balaban J connectivity index is 0.00000126. The molecule has 0 amide bonds. The molecule has 1 aliphatic heterocycles. The molecule has 1 saturated heterocycles. The number of aliphatic carboxylic acids is 1. The second-order valence-corrected chi connectivity index (χ2v) is 9.40. The number of carboxylic acid groups (broad SMARTS) is 1. The molecule has 4 aliphatic rings. The van der Waals surface area contributed by atoms with Crippen molar-refractivity contribution in [2.45, 2.75) is 64.1 Å². The molecule has 3 fully saturated rings. The molecule has 3 aliphatic carbocycles. The highest BCUT2D eigenvalue weighted by molar-refractivity contribution is 6.24. The number of allylic oxidation sites excluding steroid dienone is 1. The highest BCUT2D eigenvalue weighted by Gasteiger charge is 2.55. The molecular weight excluding hydrogens is 430 g/mol. The summed E-state index contributed by atoms with van der Waals surface area (Å²) in [5.74, 6) is -3.18. The van der Waals surface area contributed by atoms with Crippen LogP contribution in [0.5, 0.6) is 5.75 Å². The lowest BCUT2D eigenvalue weighted by Gasteiger charge is -2.29. The Labute approximate surface area is 192 Å². The average molecular weight is 463 g/mol. The summed E-state index contributed by atoms with van der Waals surface area (Å²) in [7, 11) is 1.41. The topological polar surface area (TPSA) is 92.9 Å². The third-order valence-electron chi connectivity index (χ3n) is 7.56. The summed E-state index contributed by atoms with van der Waals surface area (Å²) in [5.41, 5.74) is 6.57. The number of carbonyl (C=O) groups excluding carboxylic acids is 1. The number of nitrogens with two attached hydrogens (primary N) is 1. The lowest BCUT2D eigenvalue weighted by molar-refractivity contribution is -0.132. The minimum atomic E-state index is -1.35. The average Bonchev–Trinajstić information content (AvgIpc) is 3.68. The molecule has 0 radical (unpaired) electrons. The quantitative estimate of drug-likeness (QED) is 0.651. The van der Waals surface area contributed by atoms with Gasteiger partial charge in [-0.25, -0.2) is 13.6 Å². The number of ketones is 1. The predicted molar refractivity (Wildman–Crippen MR) is 121 cm³/mol. The molecule has 1 aromatic rings. The number of nitrogens with zero attached hydrogens (tertiary/aromatic N) is 1. The number of anilines is 1. The van der Waals surface area contributed by atoms with Crippen LogP contribution in [0.1, 0.15) is 67.8 Å². The minimum Gasteiger partial charge on any atom is -0.494 e. The number of carboxylic acids is 1. The van der Waals surface area contributed by atoms with E-state index in [0.717, 1.165) is 18.9 Å². The third kappa shape index (κ3) is 3.92. The molecule has 5 rings (SSSR count). The SMILES string of the molecule is CC.COc1c2c(cc(F)c1N1CC(N)C3(CC3)C1)C(=O)/C(C(=O)O)=C\CCC2C1CC1F. The van der Waals surface area contributed by atoms with E-state index in [4.69, 9.17) is 10.5 Å². The van der Waals surface area contributed by atoms with Gasteiger partial charge in [-0.15, -0.1) is 0 Å².